The first-order valence-corrected chi connectivity index (χ1v) is 10.3. The molecule has 0 fully saturated rings. The van der Waals surface area contributed by atoms with E-state index in [4.69, 9.17) is 0 Å². The standard InChI is InChI=1S/C21H23F2N5OS/c1-13(27(3)4)19-25-26-21(28(19)16-11-9-15(22)10-12-16)30-14(2)20(29)24-18-8-6-5-7-17(18)23/h5-14H,1-4H3,(H,24,29)/t13-,14-/m1/s1. The van der Waals surface area contributed by atoms with E-state index in [9.17, 15) is 13.6 Å². The molecule has 3 rings (SSSR count). The Morgan fingerprint density at radius 2 is 1.73 bits per heavy atom. The van der Waals surface area contributed by atoms with Crippen LogP contribution in [0.25, 0.3) is 5.69 Å². The Morgan fingerprint density at radius 3 is 2.37 bits per heavy atom. The maximum Gasteiger partial charge on any atom is 0.237 e. The Labute approximate surface area is 178 Å². The third kappa shape index (κ3) is 4.85. The van der Waals surface area contributed by atoms with E-state index < -0.39 is 11.1 Å². The largest absolute Gasteiger partial charge is 0.323 e. The molecule has 1 aromatic heterocycles. The van der Waals surface area contributed by atoms with E-state index in [1.54, 1.807) is 31.2 Å². The van der Waals surface area contributed by atoms with Gasteiger partial charge in [0.15, 0.2) is 11.0 Å². The first kappa shape index (κ1) is 21.9. The molecule has 0 unspecified atom stereocenters. The summed E-state index contributed by atoms with van der Waals surface area (Å²) in [4.78, 5) is 14.6. The molecule has 158 valence electrons. The van der Waals surface area contributed by atoms with Crippen molar-refractivity contribution in [2.45, 2.75) is 30.3 Å². The average molecular weight is 432 g/mol. The summed E-state index contributed by atoms with van der Waals surface area (Å²) in [5, 5.41) is 11.1. The minimum Gasteiger partial charge on any atom is -0.323 e. The van der Waals surface area contributed by atoms with Crippen LogP contribution in [0.2, 0.25) is 0 Å². The van der Waals surface area contributed by atoms with Gasteiger partial charge in [-0.3, -0.25) is 14.3 Å². The molecule has 0 spiro atoms. The molecule has 2 atom stereocenters. The van der Waals surface area contributed by atoms with E-state index in [2.05, 4.69) is 15.5 Å². The SMILES string of the molecule is C[C@H](c1nnc(S[C@H](C)C(=O)Nc2ccccc2F)n1-c1ccc(F)cc1)N(C)C. The van der Waals surface area contributed by atoms with E-state index in [1.165, 1.54) is 36.0 Å². The number of hydrogen-bond acceptors (Lipinski definition) is 5. The Bertz CT molecular complexity index is 1020. The zero-order chi connectivity index (χ0) is 21.8. The Hall–Kier alpha value is -2.78. The lowest BCUT2D eigenvalue weighted by Gasteiger charge is -2.21. The van der Waals surface area contributed by atoms with Crippen LogP contribution in [-0.4, -0.2) is 44.9 Å². The molecule has 0 saturated heterocycles. The number of rotatable bonds is 7. The number of thioether (sulfide) groups is 1. The highest BCUT2D eigenvalue weighted by Crippen LogP contribution is 2.30. The number of nitrogens with one attached hydrogen (secondary N) is 1. The van der Waals surface area contributed by atoms with E-state index in [1.807, 2.05) is 30.5 Å². The molecule has 1 heterocycles. The van der Waals surface area contributed by atoms with Gasteiger partial charge in [-0.15, -0.1) is 10.2 Å². The molecule has 1 amide bonds. The van der Waals surface area contributed by atoms with Gasteiger partial charge in [0.25, 0.3) is 0 Å². The molecule has 0 aliphatic carbocycles. The van der Waals surface area contributed by atoms with Crippen molar-refractivity contribution in [3.05, 3.63) is 66.0 Å². The number of carbonyl (C=O) groups is 1. The van der Waals surface area contributed by atoms with E-state index >= 15 is 0 Å². The van der Waals surface area contributed by atoms with Gasteiger partial charge in [0.1, 0.15) is 11.6 Å². The van der Waals surface area contributed by atoms with Crippen molar-refractivity contribution in [1.29, 1.82) is 0 Å². The van der Waals surface area contributed by atoms with Gasteiger partial charge in [-0.2, -0.15) is 0 Å². The second-order valence-corrected chi connectivity index (χ2v) is 8.33. The molecule has 3 aromatic rings. The summed E-state index contributed by atoms with van der Waals surface area (Å²) in [6, 6.07) is 11.9. The number of amides is 1. The summed E-state index contributed by atoms with van der Waals surface area (Å²) in [6.45, 7) is 3.69. The second-order valence-electron chi connectivity index (χ2n) is 7.02. The van der Waals surface area contributed by atoms with Crippen LogP contribution < -0.4 is 5.32 Å². The number of anilines is 1. The minimum atomic E-state index is -0.574. The number of benzene rings is 2. The van der Waals surface area contributed by atoms with Crippen molar-refractivity contribution in [2.24, 2.45) is 0 Å². The summed E-state index contributed by atoms with van der Waals surface area (Å²) in [6.07, 6.45) is 0. The second kappa shape index (κ2) is 9.36. The highest BCUT2D eigenvalue weighted by Gasteiger charge is 2.24. The van der Waals surface area contributed by atoms with Crippen LogP contribution >= 0.6 is 11.8 Å². The van der Waals surface area contributed by atoms with E-state index in [0.29, 0.717) is 16.7 Å². The maximum absolute atomic E-state index is 13.8. The fourth-order valence-electron chi connectivity index (χ4n) is 2.70. The number of aromatic nitrogens is 3. The highest BCUT2D eigenvalue weighted by molar-refractivity contribution is 8.00. The normalized spacial score (nSPS) is 13.3. The molecular formula is C21H23F2N5OS. The van der Waals surface area contributed by atoms with Crippen LogP contribution in [-0.2, 0) is 4.79 Å². The van der Waals surface area contributed by atoms with Crippen molar-refractivity contribution in [2.75, 3.05) is 19.4 Å². The van der Waals surface area contributed by atoms with Crippen molar-refractivity contribution < 1.29 is 13.6 Å². The monoisotopic (exact) mass is 431 g/mol. The third-order valence-electron chi connectivity index (χ3n) is 4.67. The zero-order valence-electron chi connectivity index (χ0n) is 17.1. The molecule has 9 heteroatoms. The Balaban J connectivity index is 1.88. The number of halogens is 2. The van der Waals surface area contributed by atoms with Crippen LogP contribution in [0.4, 0.5) is 14.5 Å². The summed E-state index contributed by atoms with van der Waals surface area (Å²) < 4.78 is 29.1. The smallest absolute Gasteiger partial charge is 0.237 e. The lowest BCUT2D eigenvalue weighted by Crippen LogP contribution is -2.24. The molecule has 0 aliphatic heterocycles. The molecule has 30 heavy (non-hydrogen) atoms. The quantitative estimate of drug-likeness (QED) is 0.566. The topological polar surface area (TPSA) is 63.1 Å². The highest BCUT2D eigenvalue weighted by atomic mass is 32.2. The predicted octanol–water partition coefficient (Wildman–Crippen LogP) is 4.29. The van der Waals surface area contributed by atoms with E-state index in [-0.39, 0.29) is 23.5 Å². The summed E-state index contributed by atoms with van der Waals surface area (Å²) in [7, 11) is 3.84. The van der Waals surface area contributed by atoms with Crippen molar-refractivity contribution in [3.63, 3.8) is 0 Å². The van der Waals surface area contributed by atoms with Crippen LogP contribution in [0, 0.1) is 11.6 Å². The van der Waals surface area contributed by atoms with Gasteiger partial charge >= 0.3 is 0 Å². The molecule has 2 aromatic carbocycles. The maximum atomic E-state index is 13.8. The van der Waals surface area contributed by atoms with Gasteiger partial charge in [0.05, 0.1) is 17.0 Å². The van der Waals surface area contributed by atoms with Crippen LogP contribution in [0.15, 0.2) is 53.7 Å². The number of carbonyl (C=O) groups excluding carboxylic acids is 1. The third-order valence-corrected chi connectivity index (χ3v) is 5.72. The molecule has 0 bridgehead atoms. The lowest BCUT2D eigenvalue weighted by atomic mass is 10.2. The molecule has 0 saturated carbocycles. The Morgan fingerprint density at radius 1 is 1.07 bits per heavy atom. The lowest BCUT2D eigenvalue weighted by molar-refractivity contribution is -0.115. The van der Waals surface area contributed by atoms with Gasteiger partial charge in [-0.1, -0.05) is 23.9 Å². The predicted molar refractivity (Wildman–Crippen MR) is 114 cm³/mol. The fraction of sp³-hybridized carbons (Fsp3) is 0.286. The van der Waals surface area contributed by atoms with Crippen LogP contribution in [0.5, 0.6) is 0 Å². The van der Waals surface area contributed by atoms with Crippen molar-refractivity contribution in [1.82, 2.24) is 19.7 Å². The number of hydrogen-bond donors (Lipinski definition) is 1. The molecule has 6 nitrogen and oxygen atoms in total. The molecular weight excluding hydrogens is 408 g/mol. The van der Waals surface area contributed by atoms with Gasteiger partial charge in [0.2, 0.25) is 5.91 Å². The summed E-state index contributed by atoms with van der Waals surface area (Å²) in [5.41, 5.74) is 0.811. The first-order valence-electron chi connectivity index (χ1n) is 9.37. The molecule has 0 aliphatic rings. The van der Waals surface area contributed by atoms with Crippen LogP contribution in [0.1, 0.15) is 25.7 Å². The molecule has 1 N–H and O–H groups in total. The first-order chi connectivity index (χ1) is 14.3. The zero-order valence-corrected chi connectivity index (χ0v) is 18.0. The van der Waals surface area contributed by atoms with Crippen molar-refractivity contribution >= 4 is 23.4 Å². The van der Waals surface area contributed by atoms with Crippen molar-refractivity contribution in [3.8, 4) is 5.69 Å². The Kier molecular flexibility index (Phi) is 6.84. The fourth-order valence-corrected chi connectivity index (χ4v) is 3.57. The van der Waals surface area contributed by atoms with Gasteiger partial charge < -0.3 is 5.32 Å². The van der Waals surface area contributed by atoms with E-state index in [0.717, 1.165) is 0 Å². The number of para-hydroxylation sites is 1. The number of nitrogens with zero attached hydrogens (tertiary/aromatic N) is 4. The summed E-state index contributed by atoms with van der Waals surface area (Å²) >= 11 is 1.19. The summed E-state index contributed by atoms with van der Waals surface area (Å²) in [5.74, 6) is -0.544. The molecule has 0 radical (unpaired) electrons. The van der Waals surface area contributed by atoms with Gasteiger partial charge in [0, 0.05) is 5.69 Å². The van der Waals surface area contributed by atoms with Gasteiger partial charge in [-0.25, -0.2) is 8.78 Å². The van der Waals surface area contributed by atoms with Gasteiger partial charge in [-0.05, 0) is 64.3 Å². The van der Waals surface area contributed by atoms with Crippen LogP contribution in [0.3, 0.4) is 0 Å². The average Bonchev–Trinajstić information content (AvgIpc) is 3.12. The minimum absolute atomic E-state index is 0.0700.